The molecule has 0 saturated heterocycles. The fourth-order valence-electron chi connectivity index (χ4n) is 2.16. The zero-order chi connectivity index (χ0) is 20.1. The van der Waals surface area contributed by atoms with E-state index >= 15 is 0 Å². The summed E-state index contributed by atoms with van der Waals surface area (Å²) in [5, 5.41) is 10.6. The zero-order valence-electron chi connectivity index (χ0n) is 14.6. The van der Waals surface area contributed by atoms with Crippen LogP contribution >= 0.6 is 11.6 Å². The topological polar surface area (TPSA) is 122 Å². The number of esters is 2. The van der Waals surface area contributed by atoms with Gasteiger partial charge in [0.1, 0.15) is 21.3 Å². The molecule has 0 radical (unpaired) electrons. The summed E-state index contributed by atoms with van der Waals surface area (Å²) in [6.45, 7) is 4.45. The Kier molecular flexibility index (Phi) is 6.30. The van der Waals surface area contributed by atoms with Gasteiger partial charge in [-0.3, -0.25) is 19.9 Å². The molecule has 0 aliphatic heterocycles. The van der Waals surface area contributed by atoms with Crippen LogP contribution in [0.25, 0.3) is 12.2 Å². The molecule has 0 spiro atoms. The second-order valence-electron chi connectivity index (χ2n) is 5.18. The van der Waals surface area contributed by atoms with Crippen LogP contribution in [0.1, 0.15) is 41.4 Å². The van der Waals surface area contributed by atoms with Crippen molar-refractivity contribution in [1.82, 2.24) is 4.98 Å². The van der Waals surface area contributed by atoms with Crippen LogP contribution in [0.3, 0.4) is 0 Å². The maximum atomic E-state index is 12.2. The lowest BCUT2D eigenvalue weighted by atomic mass is 10.1. The monoisotopic (exact) mass is 394 g/mol. The number of nitro groups is 1. The molecule has 142 valence electrons. The molecule has 27 heavy (non-hydrogen) atoms. The van der Waals surface area contributed by atoms with Gasteiger partial charge in [0.25, 0.3) is 0 Å². The average Bonchev–Trinajstić information content (AvgIpc) is 3.05. The van der Waals surface area contributed by atoms with Crippen LogP contribution in [0, 0.1) is 17.0 Å². The minimum Gasteiger partial charge on any atom is -0.462 e. The van der Waals surface area contributed by atoms with Crippen molar-refractivity contribution in [2.45, 2.75) is 20.8 Å². The molecule has 0 amide bonds. The van der Waals surface area contributed by atoms with E-state index < -0.39 is 22.7 Å². The second kappa shape index (κ2) is 8.45. The van der Waals surface area contributed by atoms with Crippen molar-refractivity contribution in [3.8, 4) is 5.75 Å². The molecule has 0 fully saturated rings. The van der Waals surface area contributed by atoms with Gasteiger partial charge in [-0.2, -0.15) is 0 Å². The lowest BCUT2D eigenvalue weighted by Crippen LogP contribution is -2.14. The van der Waals surface area contributed by atoms with E-state index in [-0.39, 0.29) is 40.1 Å². The average molecular weight is 395 g/mol. The van der Waals surface area contributed by atoms with Gasteiger partial charge >= 0.3 is 17.8 Å². The Labute approximate surface area is 158 Å². The van der Waals surface area contributed by atoms with Crippen LogP contribution in [-0.4, -0.2) is 28.5 Å². The first-order chi connectivity index (χ1) is 12.7. The van der Waals surface area contributed by atoms with Crippen LogP contribution in [0.15, 0.2) is 16.5 Å². The van der Waals surface area contributed by atoms with Gasteiger partial charge in [-0.25, -0.2) is 4.79 Å². The number of aryl methyl sites for hydroxylation is 1. The SMILES string of the molecule is CCOC(=O)c1c(C)nc(/C=C/c2ccc([N+](=O)[O-])o2)c(Cl)c1OC(C)=O. The van der Waals surface area contributed by atoms with Crippen molar-refractivity contribution < 1.29 is 28.4 Å². The van der Waals surface area contributed by atoms with Crippen LogP contribution in [-0.2, 0) is 9.53 Å². The van der Waals surface area contributed by atoms with Gasteiger partial charge in [0.05, 0.1) is 24.1 Å². The molecule has 0 unspecified atom stereocenters. The number of pyridine rings is 1. The summed E-state index contributed by atoms with van der Waals surface area (Å²) in [7, 11) is 0. The van der Waals surface area contributed by atoms with Crippen molar-refractivity contribution in [1.29, 1.82) is 0 Å². The Morgan fingerprint density at radius 2 is 2.07 bits per heavy atom. The van der Waals surface area contributed by atoms with Crippen molar-refractivity contribution in [3.63, 3.8) is 0 Å². The fourth-order valence-corrected chi connectivity index (χ4v) is 2.40. The lowest BCUT2D eigenvalue weighted by molar-refractivity contribution is -0.402. The van der Waals surface area contributed by atoms with Gasteiger partial charge in [0, 0.05) is 6.92 Å². The third-order valence-corrected chi connectivity index (χ3v) is 3.59. The van der Waals surface area contributed by atoms with Gasteiger partial charge in [-0.05, 0) is 32.1 Å². The van der Waals surface area contributed by atoms with Crippen LogP contribution < -0.4 is 4.74 Å². The number of hydrogen-bond donors (Lipinski definition) is 0. The number of hydrogen-bond acceptors (Lipinski definition) is 8. The number of halogens is 1. The Hall–Kier alpha value is -3.20. The molecule has 0 N–H and O–H groups in total. The molecule has 0 aliphatic rings. The number of carbonyl (C=O) groups is 2. The Balaban J connectivity index is 2.49. The first-order valence-corrected chi connectivity index (χ1v) is 8.10. The van der Waals surface area contributed by atoms with Crippen LogP contribution in [0.5, 0.6) is 5.75 Å². The van der Waals surface area contributed by atoms with Crippen LogP contribution in [0.2, 0.25) is 5.02 Å². The maximum Gasteiger partial charge on any atom is 0.433 e. The molecule has 2 aromatic rings. The van der Waals surface area contributed by atoms with Gasteiger partial charge in [-0.1, -0.05) is 11.6 Å². The molecule has 0 aliphatic carbocycles. The van der Waals surface area contributed by atoms with Crippen LogP contribution in [0.4, 0.5) is 5.88 Å². The van der Waals surface area contributed by atoms with E-state index in [1.54, 1.807) is 6.92 Å². The number of carbonyl (C=O) groups excluding carboxylic acids is 2. The lowest BCUT2D eigenvalue weighted by Gasteiger charge is -2.14. The van der Waals surface area contributed by atoms with Gasteiger partial charge in [-0.15, -0.1) is 0 Å². The molecular weight excluding hydrogens is 380 g/mol. The predicted molar refractivity (Wildman–Crippen MR) is 95.5 cm³/mol. The van der Waals surface area contributed by atoms with Crippen molar-refractivity contribution in [3.05, 3.63) is 50.0 Å². The Morgan fingerprint density at radius 3 is 2.63 bits per heavy atom. The molecule has 2 aromatic heterocycles. The predicted octanol–water partition coefficient (Wildman–Crippen LogP) is 3.82. The zero-order valence-corrected chi connectivity index (χ0v) is 15.4. The first-order valence-electron chi connectivity index (χ1n) is 7.72. The molecule has 0 aromatic carbocycles. The van der Waals surface area contributed by atoms with E-state index in [2.05, 4.69) is 4.98 Å². The molecule has 0 bridgehead atoms. The minimum atomic E-state index is -0.724. The van der Waals surface area contributed by atoms with E-state index in [4.69, 9.17) is 25.5 Å². The summed E-state index contributed by atoms with van der Waals surface area (Å²) in [4.78, 5) is 37.8. The van der Waals surface area contributed by atoms with Crippen molar-refractivity contribution in [2.75, 3.05) is 6.61 Å². The summed E-state index contributed by atoms with van der Waals surface area (Å²) in [6, 6.07) is 2.60. The van der Waals surface area contributed by atoms with E-state index in [0.29, 0.717) is 0 Å². The summed E-state index contributed by atoms with van der Waals surface area (Å²) in [5.74, 6) is -1.79. The van der Waals surface area contributed by atoms with E-state index in [1.165, 1.54) is 38.1 Å². The largest absolute Gasteiger partial charge is 0.462 e. The molecule has 9 nitrogen and oxygen atoms in total. The van der Waals surface area contributed by atoms with Crippen molar-refractivity contribution >= 4 is 41.6 Å². The minimum absolute atomic E-state index is 0.0529. The number of rotatable bonds is 6. The van der Waals surface area contributed by atoms with Gasteiger partial charge in [0.2, 0.25) is 0 Å². The number of ether oxygens (including phenoxy) is 2. The van der Waals surface area contributed by atoms with Gasteiger partial charge < -0.3 is 13.9 Å². The summed E-state index contributed by atoms with van der Waals surface area (Å²) < 4.78 is 15.1. The number of furan rings is 1. The Bertz CT molecular complexity index is 934. The summed E-state index contributed by atoms with van der Waals surface area (Å²) >= 11 is 6.26. The molecule has 10 heteroatoms. The highest BCUT2D eigenvalue weighted by Gasteiger charge is 2.25. The highest BCUT2D eigenvalue weighted by molar-refractivity contribution is 6.34. The van der Waals surface area contributed by atoms with E-state index in [9.17, 15) is 19.7 Å². The summed E-state index contributed by atoms with van der Waals surface area (Å²) in [5.41, 5.74) is 0.361. The molecule has 0 atom stereocenters. The maximum absolute atomic E-state index is 12.2. The van der Waals surface area contributed by atoms with E-state index in [0.717, 1.165) is 0 Å². The second-order valence-corrected chi connectivity index (χ2v) is 5.56. The highest BCUT2D eigenvalue weighted by Crippen LogP contribution is 2.35. The van der Waals surface area contributed by atoms with Gasteiger partial charge in [0.15, 0.2) is 5.75 Å². The molecule has 2 heterocycles. The normalized spacial score (nSPS) is 10.8. The van der Waals surface area contributed by atoms with Crippen molar-refractivity contribution in [2.24, 2.45) is 0 Å². The first kappa shape index (κ1) is 20.1. The highest BCUT2D eigenvalue weighted by atomic mass is 35.5. The molecule has 2 rings (SSSR count). The fraction of sp³-hybridized carbons (Fsp3) is 0.235. The standard InChI is InChI=1S/C17H15ClN2O7/c1-4-25-17(22)14-9(2)19-12(15(18)16(14)26-10(3)21)7-5-11-6-8-13(27-11)20(23)24/h5-8H,4H2,1-3H3/b7-5+. The molecule has 0 saturated carbocycles. The molecular formula is C17H15ClN2O7. The third kappa shape index (κ3) is 4.70. The third-order valence-electron chi connectivity index (χ3n) is 3.22. The Morgan fingerprint density at radius 1 is 1.37 bits per heavy atom. The quantitative estimate of drug-likeness (QED) is 0.411. The number of nitrogens with zero attached hydrogens (tertiary/aromatic N) is 2. The van der Waals surface area contributed by atoms with E-state index in [1.807, 2.05) is 0 Å². The smallest absolute Gasteiger partial charge is 0.433 e. The summed E-state index contributed by atoms with van der Waals surface area (Å²) in [6.07, 6.45) is 2.82. The number of aromatic nitrogens is 1.